The molecule has 0 saturated heterocycles. The second-order valence-corrected chi connectivity index (χ2v) is 5.96. The van der Waals surface area contributed by atoms with Crippen molar-refractivity contribution in [2.45, 2.75) is 32.9 Å². The highest BCUT2D eigenvalue weighted by atomic mass is 16.4. The first-order valence-corrected chi connectivity index (χ1v) is 6.60. The van der Waals surface area contributed by atoms with Crippen LogP contribution in [0.25, 0.3) is 11.0 Å². The quantitative estimate of drug-likeness (QED) is 0.930. The topological polar surface area (TPSA) is 58.4 Å². The van der Waals surface area contributed by atoms with Crippen molar-refractivity contribution in [3.8, 4) is 0 Å². The molecular weight excluding hydrogens is 254 g/mol. The van der Waals surface area contributed by atoms with E-state index in [0.717, 1.165) is 23.4 Å². The van der Waals surface area contributed by atoms with Gasteiger partial charge in [-0.1, -0.05) is 0 Å². The minimum absolute atomic E-state index is 0.0101. The Morgan fingerprint density at radius 3 is 2.60 bits per heavy atom. The normalized spacial score (nSPS) is 12.3. The molecule has 0 bridgehead atoms. The number of likely N-dealkylation sites (N-methyl/N-ethyl adjacent to an activating group) is 1. The van der Waals surface area contributed by atoms with Gasteiger partial charge in [-0.05, 0) is 53.1 Å². The number of carboxylic acids is 1. The summed E-state index contributed by atoms with van der Waals surface area (Å²) in [4.78, 5) is 17.7. The van der Waals surface area contributed by atoms with Gasteiger partial charge >= 0.3 is 5.97 Å². The molecule has 0 unspecified atom stereocenters. The molecule has 0 fully saturated rings. The minimum Gasteiger partial charge on any atom is -0.478 e. The van der Waals surface area contributed by atoms with Gasteiger partial charge in [0.15, 0.2) is 0 Å². The zero-order valence-electron chi connectivity index (χ0n) is 12.6. The molecule has 0 radical (unpaired) electrons. The fraction of sp³-hybridized carbons (Fsp3) is 0.467. The van der Waals surface area contributed by atoms with E-state index in [1.165, 1.54) is 0 Å². The minimum atomic E-state index is -0.923. The summed E-state index contributed by atoms with van der Waals surface area (Å²) in [6.07, 6.45) is 0. The Bertz CT molecular complexity index is 656. The molecule has 5 heteroatoms. The van der Waals surface area contributed by atoms with Crippen LogP contribution in [0.3, 0.4) is 0 Å². The zero-order chi connectivity index (χ0) is 15.1. The van der Waals surface area contributed by atoms with Crippen LogP contribution >= 0.6 is 0 Å². The Morgan fingerprint density at radius 2 is 2.05 bits per heavy atom. The molecule has 0 aliphatic rings. The third-order valence-electron chi connectivity index (χ3n) is 3.94. The van der Waals surface area contributed by atoms with Crippen LogP contribution in [0.15, 0.2) is 18.2 Å². The number of aryl methyl sites for hydroxylation is 1. The third-order valence-corrected chi connectivity index (χ3v) is 3.94. The van der Waals surface area contributed by atoms with Crippen LogP contribution in [0, 0.1) is 6.92 Å². The number of fused-ring (bicyclic) bond motifs is 1. The van der Waals surface area contributed by atoms with Gasteiger partial charge < -0.3 is 14.6 Å². The van der Waals surface area contributed by atoms with Gasteiger partial charge in [0.1, 0.15) is 5.82 Å². The van der Waals surface area contributed by atoms with Crippen LogP contribution < -0.4 is 0 Å². The van der Waals surface area contributed by atoms with E-state index in [4.69, 9.17) is 5.11 Å². The Balaban J connectivity index is 2.49. The monoisotopic (exact) mass is 275 g/mol. The molecule has 20 heavy (non-hydrogen) atoms. The van der Waals surface area contributed by atoms with E-state index >= 15 is 0 Å². The summed E-state index contributed by atoms with van der Waals surface area (Å²) in [5, 5.41) is 9.04. The summed E-state index contributed by atoms with van der Waals surface area (Å²) in [6.45, 7) is 7.09. The van der Waals surface area contributed by atoms with Crippen LogP contribution in [0.5, 0.6) is 0 Å². The van der Waals surface area contributed by atoms with Gasteiger partial charge in [0.2, 0.25) is 0 Å². The highest BCUT2D eigenvalue weighted by Crippen LogP contribution is 2.22. The molecule has 1 aromatic heterocycles. The second kappa shape index (κ2) is 4.90. The maximum absolute atomic E-state index is 11.0. The van der Waals surface area contributed by atoms with E-state index in [0.29, 0.717) is 0 Å². The molecule has 0 atom stereocenters. The van der Waals surface area contributed by atoms with Gasteiger partial charge in [0, 0.05) is 12.1 Å². The Hall–Kier alpha value is -1.88. The first kappa shape index (κ1) is 14.5. The molecule has 0 aliphatic heterocycles. The molecule has 108 valence electrons. The van der Waals surface area contributed by atoms with Crippen molar-refractivity contribution in [3.63, 3.8) is 0 Å². The van der Waals surface area contributed by atoms with Gasteiger partial charge in [-0.15, -0.1) is 0 Å². The molecule has 1 aromatic carbocycles. The number of benzene rings is 1. The average molecular weight is 275 g/mol. The maximum Gasteiger partial charge on any atom is 0.335 e. The number of rotatable bonds is 4. The number of aromatic nitrogens is 2. The van der Waals surface area contributed by atoms with Crippen LogP contribution in [0.1, 0.15) is 30.0 Å². The van der Waals surface area contributed by atoms with Crippen LogP contribution in [0.2, 0.25) is 0 Å². The largest absolute Gasteiger partial charge is 0.478 e. The summed E-state index contributed by atoms with van der Waals surface area (Å²) in [6, 6.07) is 5.10. The number of aromatic carboxylic acids is 1. The smallest absolute Gasteiger partial charge is 0.335 e. The second-order valence-electron chi connectivity index (χ2n) is 5.96. The van der Waals surface area contributed by atoms with Crippen molar-refractivity contribution < 1.29 is 9.90 Å². The van der Waals surface area contributed by atoms with Crippen LogP contribution in [0.4, 0.5) is 0 Å². The fourth-order valence-corrected chi connectivity index (χ4v) is 2.11. The van der Waals surface area contributed by atoms with Gasteiger partial charge in [-0.2, -0.15) is 0 Å². The number of imidazole rings is 1. The molecule has 0 saturated carbocycles. The van der Waals surface area contributed by atoms with Crippen molar-refractivity contribution in [2.24, 2.45) is 0 Å². The highest BCUT2D eigenvalue weighted by Gasteiger charge is 2.23. The first-order valence-electron chi connectivity index (χ1n) is 6.60. The summed E-state index contributed by atoms with van der Waals surface area (Å²) >= 11 is 0. The summed E-state index contributed by atoms with van der Waals surface area (Å²) in [7, 11) is 4.11. The van der Waals surface area contributed by atoms with Crippen molar-refractivity contribution in [3.05, 3.63) is 29.6 Å². The van der Waals surface area contributed by atoms with Gasteiger partial charge in [-0.3, -0.25) is 0 Å². The van der Waals surface area contributed by atoms with E-state index in [9.17, 15) is 4.79 Å². The lowest BCUT2D eigenvalue weighted by Gasteiger charge is -2.33. The highest BCUT2D eigenvalue weighted by molar-refractivity contribution is 5.92. The van der Waals surface area contributed by atoms with E-state index in [1.54, 1.807) is 12.1 Å². The van der Waals surface area contributed by atoms with Crippen molar-refractivity contribution >= 4 is 17.0 Å². The molecule has 1 heterocycles. The summed E-state index contributed by atoms with van der Waals surface area (Å²) < 4.78 is 2.14. The van der Waals surface area contributed by atoms with Crippen LogP contribution in [-0.2, 0) is 6.54 Å². The molecular formula is C15H21N3O2. The SMILES string of the molecule is Cc1nc2cc(C(=O)O)ccc2n1CC(C)(C)N(C)C. The number of hydrogen-bond acceptors (Lipinski definition) is 3. The van der Waals surface area contributed by atoms with E-state index in [-0.39, 0.29) is 11.1 Å². The van der Waals surface area contributed by atoms with E-state index in [1.807, 2.05) is 13.0 Å². The maximum atomic E-state index is 11.0. The molecule has 0 spiro atoms. The molecule has 1 N–H and O–H groups in total. The summed E-state index contributed by atoms with van der Waals surface area (Å²) in [5.41, 5.74) is 1.97. The predicted molar refractivity (Wildman–Crippen MR) is 79.2 cm³/mol. The van der Waals surface area contributed by atoms with E-state index < -0.39 is 5.97 Å². The van der Waals surface area contributed by atoms with Gasteiger partial charge in [0.25, 0.3) is 0 Å². The number of nitrogens with zero attached hydrogens (tertiary/aromatic N) is 3. The standard InChI is InChI=1S/C15H21N3O2/c1-10-16-12-8-11(14(19)20)6-7-13(12)18(10)9-15(2,3)17(4)5/h6-8H,9H2,1-5H3,(H,19,20). The lowest BCUT2D eigenvalue weighted by molar-refractivity contribution is 0.0697. The van der Waals surface area contributed by atoms with Crippen LogP contribution in [-0.4, -0.2) is 45.2 Å². The molecule has 5 nitrogen and oxygen atoms in total. The first-order chi connectivity index (χ1) is 9.22. The Kier molecular flexibility index (Phi) is 3.56. The lowest BCUT2D eigenvalue weighted by atomic mass is 10.0. The van der Waals surface area contributed by atoms with Gasteiger partial charge in [0.05, 0.1) is 16.6 Å². The third kappa shape index (κ3) is 2.54. The predicted octanol–water partition coefficient (Wildman–Crippen LogP) is 2.38. The zero-order valence-corrected chi connectivity index (χ0v) is 12.6. The number of carbonyl (C=O) groups is 1. The van der Waals surface area contributed by atoms with Crippen molar-refractivity contribution in [2.75, 3.05) is 14.1 Å². The summed E-state index contributed by atoms with van der Waals surface area (Å²) in [5.74, 6) is -0.0230. The van der Waals surface area contributed by atoms with Crippen molar-refractivity contribution in [1.82, 2.24) is 14.5 Å². The number of hydrogen-bond donors (Lipinski definition) is 1. The van der Waals surface area contributed by atoms with Crippen molar-refractivity contribution in [1.29, 1.82) is 0 Å². The molecule has 0 amide bonds. The Labute approximate surface area is 118 Å². The van der Waals surface area contributed by atoms with E-state index in [2.05, 4.69) is 42.4 Å². The Morgan fingerprint density at radius 1 is 1.40 bits per heavy atom. The van der Waals surface area contributed by atoms with Gasteiger partial charge in [-0.25, -0.2) is 9.78 Å². The molecule has 2 aromatic rings. The number of carboxylic acid groups (broad SMARTS) is 1. The molecule has 2 rings (SSSR count). The lowest BCUT2D eigenvalue weighted by Crippen LogP contribution is -2.42. The average Bonchev–Trinajstić information content (AvgIpc) is 2.64. The fourth-order valence-electron chi connectivity index (χ4n) is 2.11. The molecule has 0 aliphatic carbocycles.